The molecular weight excluding hydrogens is 430 g/mol. The number of aromatic nitrogens is 3. The van der Waals surface area contributed by atoms with E-state index in [4.69, 9.17) is 9.47 Å². The molecule has 9 nitrogen and oxygen atoms in total. The molecule has 2 heterocycles. The van der Waals surface area contributed by atoms with Gasteiger partial charge in [-0.3, -0.25) is 14.5 Å². The lowest BCUT2D eigenvalue weighted by atomic mass is 10.1. The van der Waals surface area contributed by atoms with Gasteiger partial charge in [0.2, 0.25) is 5.91 Å². The smallest absolute Gasteiger partial charge is 0.265 e. The van der Waals surface area contributed by atoms with Gasteiger partial charge in [-0.05, 0) is 31.2 Å². The molecule has 32 heavy (non-hydrogen) atoms. The van der Waals surface area contributed by atoms with Crippen LogP contribution in [0.3, 0.4) is 0 Å². The normalized spacial score (nSPS) is 13.8. The minimum atomic E-state index is -0.356. The van der Waals surface area contributed by atoms with Crippen molar-refractivity contribution in [3.8, 4) is 11.5 Å². The van der Waals surface area contributed by atoms with Crippen molar-refractivity contribution in [3.63, 3.8) is 0 Å². The van der Waals surface area contributed by atoms with Crippen molar-refractivity contribution in [1.29, 1.82) is 0 Å². The van der Waals surface area contributed by atoms with Crippen LogP contribution in [0.4, 0.5) is 11.4 Å². The lowest BCUT2D eigenvalue weighted by Crippen LogP contribution is -2.41. The lowest BCUT2D eigenvalue weighted by Gasteiger charge is -2.33. The maximum atomic E-state index is 12.6. The number of anilines is 2. The van der Waals surface area contributed by atoms with Gasteiger partial charge in [-0.1, -0.05) is 30.0 Å². The summed E-state index contributed by atoms with van der Waals surface area (Å²) in [5, 5.41) is 11.9. The SMILES string of the molecule is COc1cccc(NC(=O)CSc2nnc(C(C)N3C(=O)COc4ccccc43)n2C)c1. The van der Waals surface area contributed by atoms with E-state index in [-0.39, 0.29) is 30.2 Å². The Morgan fingerprint density at radius 2 is 2.06 bits per heavy atom. The van der Waals surface area contributed by atoms with Gasteiger partial charge in [0, 0.05) is 18.8 Å². The van der Waals surface area contributed by atoms with Crippen LogP contribution >= 0.6 is 11.8 Å². The number of benzene rings is 2. The fraction of sp³-hybridized carbons (Fsp3) is 0.273. The largest absolute Gasteiger partial charge is 0.497 e. The summed E-state index contributed by atoms with van der Waals surface area (Å²) >= 11 is 1.27. The summed E-state index contributed by atoms with van der Waals surface area (Å²) < 4.78 is 12.5. The number of ether oxygens (including phenoxy) is 2. The topological polar surface area (TPSA) is 98.6 Å². The number of carbonyl (C=O) groups is 2. The summed E-state index contributed by atoms with van der Waals surface area (Å²) in [6, 6.07) is 14.2. The highest BCUT2D eigenvalue weighted by Gasteiger charge is 2.32. The molecule has 0 spiro atoms. The minimum absolute atomic E-state index is 0.0226. The third kappa shape index (κ3) is 4.40. The molecule has 166 valence electrons. The summed E-state index contributed by atoms with van der Waals surface area (Å²) in [6.45, 7) is 1.87. The highest BCUT2D eigenvalue weighted by atomic mass is 32.2. The third-order valence-corrected chi connectivity index (χ3v) is 6.08. The Hall–Kier alpha value is -3.53. The predicted molar refractivity (Wildman–Crippen MR) is 121 cm³/mol. The van der Waals surface area contributed by atoms with Gasteiger partial charge in [0.25, 0.3) is 5.91 Å². The number of thioether (sulfide) groups is 1. The number of carbonyl (C=O) groups excluding carboxylic acids is 2. The number of hydrogen-bond acceptors (Lipinski definition) is 7. The molecule has 2 amide bonds. The van der Waals surface area contributed by atoms with Crippen LogP contribution in [0.15, 0.2) is 53.7 Å². The van der Waals surface area contributed by atoms with Crippen molar-refractivity contribution < 1.29 is 19.1 Å². The van der Waals surface area contributed by atoms with Crippen molar-refractivity contribution in [1.82, 2.24) is 14.8 Å². The molecule has 10 heteroatoms. The van der Waals surface area contributed by atoms with Crippen molar-refractivity contribution >= 4 is 35.0 Å². The van der Waals surface area contributed by atoms with Gasteiger partial charge in [-0.25, -0.2) is 0 Å². The molecule has 0 fully saturated rings. The van der Waals surface area contributed by atoms with E-state index in [1.165, 1.54) is 11.8 Å². The molecule has 3 aromatic rings. The molecule has 1 aromatic heterocycles. The Balaban J connectivity index is 1.44. The van der Waals surface area contributed by atoms with E-state index in [0.29, 0.717) is 33.9 Å². The van der Waals surface area contributed by atoms with Crippen LogP contribution < -0.4 is 19.7 Å². The van der Waals surface area contributed by atoms with Crippen LogP contribution in [0.2, 0.25) is 0 Å². The summed E-state index contributed by atoms with van der Waals surface area (Å²) in [4.78, 5) is 26.6. The third-order valence-electron chi connectivity index (χ3n) is 5.06. The molecule has 1 atom stereocenters. The van der Waals surface area contributed by atoms with Crippen LogP contribution in [0.25, 0.3) is 0 Å². The van der Waals surface area contributed by atoms with Crippen molar-refractivity contribution in [2.24, 2.45) is 7.05 Å². The number of fused-ring (bicyclic) bond motifs is 1. The van der Waals surface area contributed by atoms with Crippen molar-refractivity contribution in [2.45, 2.75) is 18.1 Å². The Kier molecular flexibility index (Phi) is 6.31. The first-order chi connectivity index (χ1) is 15.5. The number of nitrogens with zero attached hydrogens (tertiary/aromatic N) is 4. The molecule has 1 aliphatic rings. The van der Waals surface area contributed by atoms with Crippen molar-refractivity contribution in [3.05, 3.63) is 54.4 Å². The average Bonchev–Trinajstić information content (AvgIpc) is 3.17. The number of methoxy groups -OCH3 is 1. The summed E-state index contributed by atoms with van der Waals surface area (Å²) in [5.41, 5.74) is 1.36. The maximum absolute atomic E-state index is 12.6. The zero-order valence-corrected chi connectivity index (χ0v) is 18.8. The summed E-state index contributed by atoms with van der Waals surface area (Å²) in [5.74, 6) is 1.79. The zero-order chi connectivity index (χ0) is 22.7. The minimum Gasteiger partial charge on any atom is -0.497 e. The Bertz CT molecular complexity index is 1150. The molecule has 0 saturated carbocycles. The summed E-state index contributed by atoms with van der Waals surface area (Å²) in [6.07, 6.45) is 0. The standard InChI is InChI=1S/C22H23N5O4S/c1-14(27-17-9-4-5-10-18(17)31-12-20(27)29)21-24-25-22(26(21)2)32-13-19(28)23-15-7-6-8-16(11-15)30-3/h4-11,14H,12-13H2,1-3H3,(H,23,28). The van der Waals surface area contributed by atoms with Gasteiger partial charge >= 0.3 is 0 Å². The Morgan fingerprint density at radius 3 is 2.88 bits per heavy atom. The highest BCUT2D eigenvalue weighted by Crippen LogP contribution is 2.37. The number of nitrogens with one attached hydrogen (secondary N) is 1. The van der Waals surface area contributed by atoms with Crippen LogP contribution in [-0.4, -0.2) is 46.0 Å². The number of amides is 2. The highest BCUT2D eigenvalue weighted by molar-refractivity contribution is 7.99. The second-order valence-electron chi connectivity index (χ2n) is 7.16. The predicted octanol–water partition coefficient (Wildman–Crippen LogP) is 3.04. The number of para-hydroxylation sites is 2. The molecule has 1 aliphatic heterocycles. The van der Waals surface area contributed by atoms with Crippen LogP contribution in [-0.2, 0) is 16.6 Å². The molecular formula is C22H23N5O4S. The van der Waals surface area contributed by atoms with E-state index in [0.717, 1.165) is 0 Å². The fourth-order valence-electron chi connectivity index (χ4n) is 3.51. The Labute approximate surface area is 189 Å². The average molecular weight is 454 g/mol. The van der Waals surface area contributed by atoms with E-state index < -0.39 is 0 Å². The molecule has 4 rings (SSSR count). The monoisotopic (exact) mass is 453 g/mol. The van der Waals surface area contributed by atoms with E-state index >= 15 is 0 Å². The first-order valence-corrected chi connectivity index (χ1v) is 11.0. The molecule has 0 aliphatic carbocycles. The second kappa shape index (κ2) is 9.31. The molecule has 1 unspecified atom stereocenters. The van der Waals surface area contributed by atoms with E-state index in [1.807, 2.05) is 50.4 Å². The fourth-order valence-corrected chi connectivity index (χ4v) is 4.22. The Morgan fingerprint density at radius 1 is 1.25 bits per heavy atom. The van der Waals surface area contributed by atoms with E-state index in [9.17, 15) is 9.59 Å². The molecule has 0 radical (unpaired) electrons. The quantitative estimate of drug-likeness (QED) is 0.549. The molecule has 1 N–H and O–H groups in total. The van der Waals surface area contributed by atoms with Gasteiger partial charge in [-0.2, -0.15) is 0 Å². The van der Waals surface area contributed by atoms with Crippen LogP contribution in [0, 0.1) is 0 Å². The van der Waals surface area contributed by atoms with E-state index in [1.54, 1.807) is 28.7 Å². The molecule has 0 bridgehead atoms. The van der Waals surface area contributed by atoms with Crippen LogP contribution in [0.5, 0.6) is 11.5 Å². The van der Waals surface area contributed by atoms with Crippen LogP contribution in [0.1, 0.15) is 18.8 Å². The van der Waals surface area contributed by atoms with Gasteiger partial charge < -0.3 is 19.4 Å². The summed E-state index contributed by atoms with van der Waals surface area (Å²) in [7, 11) is 3.40. The number of rotatable bonds is 7. The van der Waals surface area contributed by atoms with Gasteiger partial charge in [-0.15, -0.1) is 10.2 Å². The first-order valence-electron chi connectivity index (χ1n) is 9.98. The lowest BCUT2D eigenvalue weighted by molar-refractivity contribution is -0.121. The van der Waals surface area contributed by atoms with Gasteiger partial charge in [0.05, 0.1) is 24.6 Å². The molecule has 2 aromatic carbocycles. The van der Waals surface area contributed by atoms with E-state index in [2.05, 4.69) is 15.5 Å². The first kappa shape index (κ1) is 21.7. The number of hydrogen-bond donors (Lipinski definition) is 1. The maximum Gasteiger partial charge on any atom is 0.265 e. The van der Waals surface area contributed by atoms with Gasteiger partial charge in [0.15, 0.2) is 17.6 Å². The van der Waals surface area contributed by atoms with Gasteiger partial charge in [0.1, 0.15) is 11.5 Å². The van der Waals surface area contributed by atoms with Crippen molar-refractivity contribution in [2.75, 3.05) is 29.7 Å². The molecule has 0 saturated heterocycles. The second-order valence-corrected chi connectivity index (χ2v) is 8.11. The zero-order valence-electron chi connectivity index (χ0n) is 17.9.